The third kappa shape index (κ3) is 5.23. The van der Waals surface area contributed by atoms with Crippen molar-refractivity contribution in [2.45, 2.75) is 43.9 Å². The first-order valence-corrected chi connectivity index (χ1v) is 17.0. The van der Waals surface area contributed by atoms with Gasteiger partial charge in [0.15, 0.2) is 0 Å². The Kier molecular flexibility index (Phi) is 8.56. The first kappa shape index (κ1) is 33.8. The number of benzene rings is 3. The molecule has 0 aromatic heterocycles. The number of carboxylic acid groups (broad SMARTS) is 1. The summed E-state index contributed by atoms with van der Waals surface area (Å²) in [5, 5.41) is 21.0. The highest BCUT2D eigenvalue weighted by atomic mass is 16.5. The monoisotopic (exact) mass is 693 g/mol. The van der Waals surface area contributed by atoms with Crippen LogP contribution in [0.15, 0.2) is 78.4 Å². The number of phenols is 1. The van der Waals surface area contributed by atoms with E-state index in [4.69, 9.17) is 9.47 Å². The number of amides is 4. The number of phenolic OH excluding ortho intramolecular Hbond substituents is 1. The van der Waals surface area contributed by atoms with Crippen molar-refractivity contribution >= 4 is 35.3 Å². The zero-order valence-corrected chi connectivity index (χ0v) is 28.5. The number of fused-ring (bicyclic) bond motifs is 4. The van der Waals surface area contributed by atoms with Crippen LogP contribution in [0.25, 0.3) is 0 Å². The standard InChI is InChI=1S/C39H39N3O9/c1-21-11-13-23(14-12-21)40-42-36(47)28-20-27-25(15-16-26-32(27)37(48)41(35(26)46)17-7-10-31(44)45)34(33-29(50-2)18-24(43)19-30(33)51-3)39(28,38(42)49)22-8-5-4-6-9-22/h4-6,8-9,11-15,18-19,26-28,32,34,40,43H,7,10,16-17,20H2,1-3H3,(H,44,45). The van der Waals surface area contributed by atoms with Crippen LogP contribution in [0.3, 0.4) is 0 Å². The van der Waals surface area contributed by atoms with Crippen LogP contribution < -0.4 is 14.9 Å². The summed E-state index contributed by atoms with van der Waals surface area (Å²) in [5.74, 6) is -6.54. The van der Waals surface area contributed by atoms with E-state index >= 15 is 4.79 Å². The Bertz CT molecular complexity index is 1930. The SMILES string of the molecule is COc1cc(O)cc(OC)c1C1C2=CCC3C(=O)N(CCCC(=O)O)C(=O)C3C2CC2C(=O)N(Nc3ccc(C)cc3)C(=O)C21c1ccccc1. The molecule has 6 unspecified atom stereocenters. The summed E-state index contributed by atoms with van der Waals surface area (Å²) < 4.78 is 11.7. The lowest BCUT2D eigenvalue weighted by Gasteiger charge is -2.51. The quantitative estimate of drug-likeness (QED) is 0.203. The highest BCUT2D eigenvalue weighted by molar-refractivity contribution is 6.13. The number of nitrogens with zero attached hydrogens (tertiary/aromatic N) is 2. The van der Waals surface area contributed by atoms with Crippen LogP contribution in [-0.2, 0) is 29.4 Å². The third-order valence-electron chi connectivity index (χ3n) is 11.1. The summed E-state index contributed by atoms with van der Waals surface area (Å²) in [4.78, 5) is 70.5. The topological polar surface area (TPSA) is 163 Å². The van der Waals surface area contributed by atoms with Gasteiger partial charge >= 0.3 is 5.97 Å². The predicted molar refractivity (Wildman–Crippen MR) is 184 cm³/mol. The molecule has 6 atom stereocenters. The van der Waals surface area contributed by atoms with Gasteiger partial charge in [0.05, 0.1) is 43.1 Å². The molecule has 264 valence electrons. The van der Waals surface area contributed by atoms with E-state index in [1.807, 2.05) is 55.5 Å². The van der Waals surface area contributed by atoms with Gasteiger partial charge in [0.25, 0.3) is 11.8 Å². The third-order valence-corrected chi connectivity index (χ3v) is 11.1. The van der Waals surface area contributed by atoms with Crippen molar-refractivity contribution in [3.05, 3.63) is 95.1 Å². The lowest BCUT2D eigenvalue weighted by Crippen LogP contribution is -2.53. The van der Waals surface area contributed by atoms with E-state index in [-0.39, 0.29) is 55.4 Å². The molecule has 51 heavy (non-hydrogen) atoms. The van der Waals surface area contributed by atoms with Crippen molar-refractivity contribution in [2.24, 2.45) is 23.7 Å². The minimum absolute atomic E-state index is 0.0227. The number of aromatic hydroxyl groups is 1. The second-order valence-corrected chi connectivity index (χ2v) is 13.7. The largest absolute Gasteiger partial charge is 0.508 e. The van der Waals surface area contributed by atoms with E-state index in [0.717, 1.165) is 15.5 Å². The fourth-order valence-electron chi connectivity index (χ4n) is 8.94. The number of aliphatic carboxylic acids is 1. The number of likely N-dealkylation sites (tertiary alicyclic amines) is 1. The molecule has 1 saturated carbocycles. The molecule has 12 heteroatoms. The van der Waals surface area contributed by atoms with Gasteiger partial charge in [0.1, 0.15) is 17.2 Å². The average molecular weight is 694 g/mol. The van der Waals surface area contributed by atoms with Crippen LogP contribution in [-0.4, -0.2) is 70.5 Å². The van der Waals surface area contributed by atoms with Crippen LogP contribution in [0.5, 0.6) is 17.2 Å². The zero-order valence-electron chi connectivity index (χ0n) is 28.5. The molecule has 3 fully saturated rings. The fourth-order valence-corrected chi connectivity index (χ4v) is 8.94. The van der Waals surface area contributed by atoms with Gasteiger partial charge in [-0.3, -0.25) is 34.3 Å². The molecule has 7 rings (SSSR count). The summed E-state index contributed by atoms with van der Waals surface area (Å²) in [6.07, 6.45) is 2.15. The van der Waals surface area contributed by atoms with Gasteiger partial charge in [-0.2, -0.15) is 5.01 Å². The number of carbonyl (C=O) groups excluding carboxylic acids is 4. The number of hydrogen-bond acceptors (Lipinski definition) is 9. The summed E-state index contributed by atoms with van der Waals surface area (Å²) in [6.45, 7) is 1.91. The molecule has 3 aromatic rings. The van der Waals surface area contributed by atoms with Crippen LogP contribution in [0.2, 0.25) is 0 Å². The molecule has 4 aliphatic rings. The summed E-state index contributed by atoms with van der Waals surface area (Å²) in [5.41, 5.74) is 4.75. The zero-order chi connectivity index (χ0) is 36.2. The average Bonchev–Trinajstić information content (AvgIpc) is 3.49. The van der Waals surface area contributed by atoms with Gasteiger partial charge in [-0.05, 0) is 49.8 Å². The Morgan fingerprint density at radius 2 is 1.59 bits per heavy atom. The molecule has 2 aliphatic carbocycles. The van der Waals surface area contributed by atoms with Crippen LogP contribution in [0.1, 0.15) is 48.3 Å². The number of ether oxygens (including phenoxy) is 2. The van der Waals surface area contributed by atoms with Gasteiger partial charge in [-0.15, -0.1) is 0 Å². The van der Waals surface area contributed by atoms with Gasteiger partial charge in [0.2, 0.25) is 11.8 Å². The number of hydrazine groups is 1. The molecule has 0 bridgehead atoms. The van der Waals surface area contributed by atoms with Crippen molar-refractivity contribution in [1.82, 2.24) is 9.91 Å². The number of anilines is 1. The Hall–Kier alpha value is -5.65. The molecule has 2 aliphatic heterocycles. The number of hydrogen-bond donors (Lipinski definition) is 3. The van der Waals surface area contributed by atoms with Crippen molar-refractivity contribution < 1.29 is 43.7 Å². The molecule has 4 amide bonds. The van der Waals surface area contributed by atoms with Crippen LogP contribution in [0.4, 0.5) is 5.69 Å². The molecule has 12 nitrogen and oxygen atoms in total. The molecular weight excluding hydrogens is 654 g/mol. The van der Waals surface area contributed by atoms with E-state index in [9.17, 15) is 29.4 Å². The Labute approximate surface area is 294 Å². The molecular formula is C39H39N3O9. The van der Waals surface area contributed by atoms with Gasteiger partial charge in [-0.1, -0.05) is 59.7 Å². The summed E-state index contributed by atoms with van der Waals surface area (Å²) >= 11 is 0. The van der Waals surface area contributed by atoms with E-state index in [2.05, 4.69) is 5.43 Å². The number of carbonyl (C=O) groups is 5. The molecule has 0 radical (unpaired) electrons. The molecule has 2 saturated heterocycles. The first-order chi connectivity index (χ1) is 24.5. The smallest absolute Gasteiger partial charge is 0.303 e. The predicted octanol–water partition coefficient (Wildman–Crippen LogP) is 4.57. The van der Waals surface area contributed by atoms with Crippen molar-refractivity contribution in [3.63, 3.8) is 0 Å². The normalized spacial score (nSPS) is 26.7. The fraction of sp³-hybridized carbons (Fsp3) is 0.359. The van der Waals surface area contributed by atoms with Gasteiger partial charge < -0.3 is 19.7 Å². The highest BCUT2D eigenvalue weighted by Crippen LogP contribution is 2.66. The van der Waals surface area contributed by atoms with Gasteiger partial charge in [-0.25, -0.2) is 0 Å². The van der Waals surface area contributed by atoms with E-state index in [0.29, 0.717) is 22.4 Å². The van der Waals surface area contributed by atoms with E-state index < -0.39 is 58.7 Å². The number of nitrogens with one attached hydrogen (secondary N) is 1. The maximum absolute atomic E-state index is 15.3. The van der Waals surface area contributed by atoms with Crippen LogP contribution >= 0.6 is 0 Å². The number of imide groups is 2. The Morgan fingerprint density at radius 3 is 2.22 bits per heavy atom. The van der Waals surface area contributed by atoms with Crippen molar-refractivity contribution in [1.29, 1.82) is 0 Å². The maximum Gasteiger partial charge on any atom is 0.303 e. The lowest BCUT2D eigenvalue weighted by atomic mass is 9.49. The number of allylic oxidation sites excluding steroid dienone is 2. The lowest BCUT2D eigenvalue weighted by molar-refractivity contribution is -0.142. The number of rotatable bonds is 10. The molecule has 3 aromatic carbocycles. The second-order valence-electron chi connectivity index (χ2n) is 13.7. The second kappa shape index (κ2) is 12.9. The highest BCUT2D eigenvalue weighted by Gasteiger charge is 2.71. The molecule has 3 N–H and O–H groups in total. The number of aryl methyl sites for hydroxylation is 1. The first-order valence-electron chi connectivity index (χ1n) is 17.0. The van der Waals surface area contributed by atoms with E-state index in [1.165, 1.54) is 26.4 Å². The molecule has 2 heterocycles. The van der Waals surface area contributed by atoms with E-state index in [1.54, 1.807) is 12.1 Å². The summed E-state index contributed by atoms with van der Waals surface area (Å²) in [6, 6.07) is 19.2. The minimum atomic E-state index is -1.56. The van der Waals surface area contributed by atoms with Crippen molar-refractivity contribution in [3.8, 4) is 17.2 Å². The Morgan fingerprint density at radius 1 is 0.922 bits per heavy atom. The van der Waals surface area contributed by atoms with Gasteiger partial charge in [0, 0.05) is 36.6 Å². The van der Waals surface area contributed by atoms with Crippen molar-refractivity contribution in [2.75, 3.05) is 26.2 Å². The Balaban J connectivity index is 1.45. The number of carboxylic acids is 1. The maximum atomic E-state index is 15.3. The van der Waals surface area contributed by atoms with Crippen LogP contribution in [0, 0.1) is 30.6 Å². The molecule has 0 spiro atoms. The minimum Gasteiger partial charge on any atom is -0.508 e. The number of methoxy groups -OCH3 is 2. The summed E-state index contributed by atoms with van der Waals surface area (Å²) in [7, 11) is 2.88.